The fraction of sp³-hybridized carbons (Fsp3) is 0.286. The molecule has 3 nitrogen and oxygen atoms in total. The van der Waals surface area contributed by atoms with Gasteiger partial charge in [0.2, 0.25) is 0 Å². The SMILES string of the molecule is CSC(=Nc1ncccn1)SC. The Morgan fingerprint density at radius 2 is 1.83 bits per heavy atom. The summed E-state index contributed by atoms with van der Waals surface area (Å²) in [6, 6.07) is 1.77. The molecule has 12 heavy (non-hydrogen) atoms. The van der Waals surface area contributed by atoms with Gasteiger partial charge in [0.25, 0.3) is 5.95 Å². The van der Waals surface area contributed by atoms with Crippen molar-refractivity contribution < 1.29 is 0 Å². The van der Waals surface area contributed by atoms with Crippen molar-refractivity contribution in [3.05, 3.63) is 18.5 Å². The minimum absolute atomic E-state index is 0.524. The van der Waals surface area contributed by atoms with Crippen molar-refractivity contribution in [2.45, 2.75) is 0 Å². The second kappa shape index (κ2) is 5.16. The molecule has 0 fully saturated rings. The number of hydrogen-bond acceptors (Lipinski definition) is 5. The molecule has 5 heteroatoms. The second-order valence-electron chi connectivity index (χ2n) is 1.83. The Labute approximate surface area is 80.1 Å². The summed E-state index contributed by atoms with van der Waals surface area (Å²) in [6.07, 6.45) is 7.34. The quantitative estimate of drug-likeness (QED) is 0.513. The summed E-state index contributed by atoms with van der Waals surface area (Å²) in [6.45, 7) is 0. The van der Waals surface area contributed by atoms with Gasteiger partial charge in [-0.3, -0.25) is 0 Å². The van der Waals surface area contributed by atoms with Gasteiger partial charge in [-0.15, -0.1) is 23.5 Å². The van der Waals surface area contributed by atoms with E-state index in [1.165, 1.54) is 0 Å². The summed E-state index contributed by atoms with van der Waals surface area (Å²) >= 11 is 3.20. The highest BCUT2D eigenvalue weighted by Crippen LogP contribution is 2.14. The molecule has 0 N–H and O–H groups in total. The fourth-order valence-electron chi connectivity index (χ4n) is 0.605. The Kier molecular flexibility index (Phi) is 4.10. The van der Waals surface area contributed by atoms with Crippen LogP contribution in [0.2, 0.25) is 0 Å². The van der Waals surface area contributed by atoms with Crippen LogP contribution >= 0.6 is 23.5 Å². The minimum Gasteiger partial charge on any atom is -0.220 e. The van der Waals surface area contributed by atoms with Crippen molar-refractivity contribution in [1.29, 1.82) is 0 Å². The number of thioether (sulfide) groups is 2. The summed E-state index contributed by atoms with van der Waals surface area (Å²) in [5.74, 6) is 0.524. The highest BCUT2D eigenvalue weighted by Gasteiger charge is 1.95. The standard InChI is InChI=1S/C7H9N3S2/c1-11-7(12-2)10-6-8-4-3-5-9-6/h3-5H,1-2H3. The maximum absolute atomic E-state index is 4.22. The Morgan fingerprint density at radius 1 is 1.25 bits per heavy atom. The van der Waals surface area contributed by atoms with Gasteiger partial charge in [0.05, 0.1) is 0 Å². The van der Waals surface area contributed by atoms with Gasteiger partial charge in [0, 0.05) is 12.4 Å². The van der Waals surface area contributed by atoms with E-state index in [1.807, 2.05) is 12.5 Å². The van der Waals surface area contributed by atoms with E-state index in [0.29, 0.717) is 5.95 Å². The van der Waals surface area contributed by atoms with Crippen molar-refractivity contribution >= 4 is 33.8 Å². The second-order valence-corrected chi connectivity index (χ2v) is 3.68. The first-order valence-electron chi connectivity index (χ1n) is 3.30. The average Bonchev–Trinajstić information content (AvgIpc) is 2.16. The molecule has 0 bridgehead atoms. The normalized spacial score (nSPS) is 9.50. The molecular formula is C7H9N3S2. The number of nitrogens with zero attached hydrogens (tertiary/aromatic N) is 3. The van der Waals surface area contributed by atoms with Crippen molar-refractivity contribution in [3.63, 3.8) is 0 Å². The lowest BCUT2D eigenvalue weighted by Crippen LogP contribution is -1.84. The summed E-state index contributed by atoms with van der Waals surface area (Å²) in [5.41, 5.74) is 0. The lowest BCUT2D eigenvalue weighted by molar-refractivity contribution is 1.14. The Balaban J connectivity index is 2.79. The van der Waals surface area contributed by atoms with Crippen LogP contribution in [-0.2, 0) is 0 Å². The highest BCUT2D eigenvalue weighted by atomic mass is 32.2. The van der Waals surface area contributed by atoms with E-state index in [9.17, 15) is 0 Å². The summed E-state index contributed by atoms with van der Waals surface area (Å²) in [5, 5.41) is 0. The van der Waals surface area contributed by atoms with Crippen LogP contribution in [0.1, 0.15) is 0 Å². The molecule has 0 aliphatic carbocycles. The van der Waals surface area contributed by atoms with E-state index in [2.05, 4.69) is 15.0 Å². The largest absolute Gasteiger partial charge is 0.250 e. The van der Waals surface area contributed by atoms with Gasteiger partial charge in [-0.1, -0.05) is 0 Å². The van der Waals surface area contributed by atoms with E-state index in [1.54, 1.807) is 42.0 Å². The maximum atomic E-state index is 4.22. The van der Waals surface area contributed by atoms with Crippen LogP contribution in [0.15, 0.2) is 23.5 Å². The van der Waals surface area contributed by atoms with Crippen molar-refractivity contribution in [2.75, 3.05) is 12.5 Å². The number of rotatable bonds is 1. The number of aromatic nitrogens is 2. The lowest BCUT2D eigenvalue weighted by atomic mass is 10.7. The zero-order valence-electron chi connectivity index (χ0n) is 6.89. The van der Waals surface area contributed by atoms with E-state index >= 15 is 0 Å². The van der Waals surface area contributed by atoms with Gasteiger partial charge in [-0.25, -0.2) is 9.97 Å². The van der Waals surface area contributed by atoms with Gasteiger partial charge < -0.3 is 0 Å². The predicted octanol–water partition coefficient (Wildman–Crippen LogP) is 2.19. The molecule has 1 aromatic rings. The summed E-state index contributed by atoms with van der Waals surface area (Å²) in [4.78, 5) is 12.2. The van der Waals surface area contributed by atoms with Crippen molar-refractivity contribution in [1.82, 2.24) is 9.97 Å². The number of hydrogen-bond donors (Lipinski definition) is 0. The summed E-state index contributed by atoms with van der Waals surface area (Å²) < 4.78 is 0.973. The Bertz CT molecular complexity index is 255. The molecular weight excluding hydrogens is 190 g/mol. The average molecular weight is 199 g/mol. The third-order valence-corrected chi connectivity index (χ3v) is 2.97. The molecule has 0 atom stereocenters. The van der Waals surface area contributed by atoms with E-state index in [0.717, 1.165) is 4.38 Å². The van der Waals surface area contributed by atoms with Crippen LogP contribution in [0.25, 0.3) is 0 Å². The van der Waals surface area contributed by atoms with Crippen molar-refractivity contribution in [3.8, 4) is 0 Å². The van der Waals surface area contributed by atoms with Crippen LogP contribution < -0.4 is 0 Å². The number of aliphatic imine (C=N–C) groups is 1. The molecule has 0 aliphatic rings. The molecule has 0 aliphatic heterocycles. The molecule has 0 aromatic carbocycles. The molecule has 0 spiro atoms. The van der Waals surface area contributed by atoms with Crippen LogP contribution in [0.3, 0.4) is 0 Å². The molecule has 64 valence electrons. The molecule has 0 saturated carbocycles. The zero-order chi connectivity index (χ0) is 8.81. The first-order valence-corrected chi connectivity index (χ1v) is 5.75. The molecule has 1 rings (SSSR count). The van der Waals surface area contributed by atoms with Gasteiger partial charge in [0.1, 0.15) is 4.38 Å². The first-order chi connectivity index (χ1) is 5.86. The van der Waals surface area contributed by atoms with Crippen LogP contribution in [-0.4, -0.2) is 26.9 Å². The molecule has 1 aromatic heterocycles. The van der Waals surface area contributed by atoms with Gasteiger partial charge in [-0.2, -0.15) is 4.99 Å². The first kappa shape index (κ1) is 9.54. The fourth-order valence-corrected chi connectivity index (χ4v) is 1.62. The van der Waals surface area contributed by atoms with E-state index in [-0.39, 0.29) is 0 Å². The van der Waals surface area contributed by atoms with E-state index < -0.39 is 0 Å². The summed E-state index contributed by atoms with van der Waals surface area (Å²) in [7, 11) is 0. The molecule has 0 unspecified atom stereocenters. The smallest absolute Gasteiger partial charge is 0.220 e. The Morgan fingerprint density at radius 3 is 2.33 bits per heavy atom. The predicted molar refractivity (Wildman–Crippen MR) is 56.2 cm³/mol. The molecule has 1 heterocycles. The third kappa shape index (κ3) is 2.83. The van der Waals surface area contributed by atoms with Gasteiger partial charge >= 0.3 is 0 Å². The zero-order valence-corrected chi connectivity index (χ0v) is 8.52. The lowest BCUT2D eigenvalue weighted by Gasteiger charge is -1.95. The van der Waals surface area contributed by atoms with Crippen LogP contribution in [0.5, 0.6) is 0 Å². The van der Waals surface area contributed by atoms with Crippen LogP contribution in [0, 0.1) is 0 Å². The van der Waals surface area contributed by atoms with Crippen molar-refractivity contribution in [2.24, 2.45) is 4.99 Å². The third-order valence-electron chi connectivity index (χ3n) is 1.09. The topological polar surface area (TPSA) is 38.1 Å². The molecule has 0 saturated heterocycles. The van der Waals surface area contributed by atoms with Crippen LogP contribution in [0.4, 0.5) is 5.95 Å². The monoisotopic (exact) mass is 199 g/mol. The molecule has 0 amide bonds. The highest BCUT2D eigenvalue weighted by molar-refractivity contribution is 8.38. The Hall–Kier alpha value is -0.550. The van der Waals surface area contributed by atoms with Gasteiger partial charge in [-0.05, 0) is 18.6 Å². The molecule has 0 radical (unpaired) electrons. The van der Waals surface area contributed by atoms with Gasteiger partial charge in [0.15, 0.2) is 0 Å². The maximum Gasteiger partial charge on any atom is 0.250 e. The van der Waals surface area contributed by atoms with E-state index in [4.69, 9.17) is 0 Å². The minimum atomic E-state index is 0.524.